The molecule has 0 atom stereocenters. The van der Waals surface area contributed by atoms with Crippen LogP contribution in [0.25, 0.3) is 11.3 Å². The first kappa shape index (κ1) is 25.4. The summed E-state index contributed by atoms with van der Waals surface area (Å²) in [4.78, 5) is 23.9. The van der Waals surface area contributed by atoms with Crippen LogP contribution in [0.3, 0.4) is 0 Å². The van der Waals surface area contributed by atoms with E-state index in [1.165, 1.54) is 20.3 Å². The fourth-order valence-electron chi connectivity index (χ4n) is 2.79. The minimum atomic E-state index is -0.546. The molecular formula is C20H24ClN5O5S. The zero-order valence-electron chi connectivity index (χ0n) is 17.9. The van der Waals surface area contributed by atoms with Crippen molar-refractivity contribution in [2.75, 3.05) is 26.5 Å². The summed E-state index contributed by atoms with van der Waals surface area (Å²) in [5.41, 5.74) is 1.07. The summed E-state index contributed by atoms with van der Waals surface area (Å²) in [6, 6.07) is 8.32. The van der Waals surface area contributed by atoms with E-state index in [-0.39, 0.29) is 23.5 Å². The van der Waals surface area contributed by atoms with Gasteiger partial charge in [-0.05, 0) is 53.7 Å². The van der Waals surface area contributed by atoms with Crippen molar-refractivity contribution in [1.82, 2.24) is 25.5 Å². The molecule has 0 saturated heterocycles. The van der Waals surface area contributed by atoms with E-state index in [0.29, 0.717) is 17.9 Å². The van der Waals surface area contributed by atoms with E-state index in [1.54, 1.807) is 34.6 Å². The monoisotopic (exact) mass is 481 g/mol. The second kappa shape index (κ2) is 12.2. The van der Waals surface area contributed by atoms with Gasteiger partial charge in [-0.3, -0.25) is 0 Å². The molecule has 0 fully saturated rings. The van der Waals surface area contributed by atoms with Crippen molar-refractivity contribution in [2.45, 2.75) is 18.1 Å². The Kier molecular flexibility index (Phi) is 9.69. The average molecular weight is 482 g/mol. The standard InChI is InChI=1S/C20H23N5O5S.ClH/c1-25-20(22-23-24-25)31-8-4-7-21-12-16-5-6-17(30-16)13-9-14(18(26)28-2)11-15(10-13)19(27)29-3;/h5-6,9-11,21H,4,7-8,12H2,1-3H3;1H. The quantitative estimate of drug-likeness (QED) is 0.263. The lowest BCUT2D eigenvalue weighted by atomic mass is 10.0. The molecule has 3 rings (SSSR count). The maximum atomic E-state index is 12.0. The number of halogens is 1. The summed E-state index contributed by atoms with van der Waals surface area (Å²) >= 11 is 1.60. The van der Waals surface area contributed by atoms with Crippen LogP contribution in [0.15, 0.2) is 39.9 Å². The number of rotatable bonds is 10. The number of hydrogen-bond acceptors (Lipinski definition) is 10. The molecule has 32 heavy (non-hydrogen) atoms. The number of carbonyl (C=O) groups is 2. The van der Waals surface area contributed by atoms with E-state index in [4.69, 9.17) is 13.9 Å². The number of benzene rings is 1. The summed E-state index contributed by atoms with van der Waals surface area (Å²) in [5, 5.41) is 15.4. The van der Waals surface area contributed by atoms with Crippen LogP contribution in [0.5, 0.6) is 0 Å². The summed E-state index contributed by atoms with van der Waals surface area (Å²) in [6.45, 7) is 1.36. The topological polar surface area (TPSA) is 121 Å². The van der Waals surface area contributed by atoms with Gasteiger partial charge in [0.2, 0.25) is 5.16 Å². The van der Waals surface area contributed by atoms with Crippen LogP contribution >= 0.6 is 24.2 Å². The van der Waals surface area contributed by atoms with Gasteiger partial charge in [0.15, 0.2) is 0 Å². The third kappa shape index (κ3) is 6.55. The molecule has 0 radical (unpaired) electrons. The molecule has 3 aromatic rings. The summed E-state index contributed by atoms with van der Waals surface area (Å²) < 4.78 is 17.1. The maximum Gasteiger partial charge on any atom is 0.337 e. The van der Waals surface area contributed by atoms with Crippen molar-refractivity contribution in [3.8, 4) is 11.3 Å². The molecule has 0 saturated carbocycles. The van der Waals surface area contributed by atoms with Crippen molar-refractivity contribution < 1.29 is 23.5 Å². The Morgan fingerprint density at radius 2 is 1.81 bits per heavy atom. The molecule has 10 nitrogen and oxygen atoms in total. The maximum absolute atomic E-state index is 12.0. The zero-order chi connectivity index (χ0) is 22.2. The Labute approximate surface area is 195 Å². The Hall–Kier alpha value is -2.89. The van der Waals surface area contributed by atoms with Crippen LogP contribution in [0.4, 0.5) is 0 Å². The molecule has 1 aromatic carbocycles. The number of nitrogens with zero attached hydrogens (tertiary/aromatic N) is 4. The molecule has 12 heteroatoms. The number of hydrogen-bond donors (Lipinski definition) is 1. The highest BCUT2D eigenvalue weighted by Crippen LogP contribution is 2.26. The van der Waals surface area contributed by atoms with Crippen LogP contribution in [0.2, 0.25) is 0 Å². The Morgan fingerprint density at radius 3 is 2.41 bits per heavy atom. The first-order valence-electron chi connectivity index (χ1n) is 9.48. The summed E-state index contributed by atoms with van der Waals surface area (Å²) in [5.74, 6) is 1.08. The zero-order valence-corrected chi connectivity index (χ0v) is 19.5. The van der Waals surface area contributed by atoms with Crippen molar-refractivity contribution in [1.29, 1.82) is 0 Å². The predicted octanol–water partition coefficient (Wildman–Crippen LogP) is 2.74. The number of thioether (sulfide) groups is 1. The SMILES string of the molecule is COC(=O)c1cc(C(=O)OC)cc(-c2ccc(CNCCCSc3nnnn3C)o2)c1.Cl. The van der Waals surface area contributed by atoms with Gasteiger partial charge in [0.05, 0.1) is 31.9 Å². The molecule has 0 unspecified atom stereocenters. The Morgan fingerprint density at radius 1 is 1.12 bits per heavy atom. The molecule has 0 aliphatic rings. The Balaban J connectivity index is 0.00000363. The lowest BCUT2D eigenvalue weighted by Gasteiger charge is -2.07. The molecule has 0 amide bonds. The van der Waals surface area contributed by atoms with Gasteiger partial charge in [0, 0.05) is 18.4 Å². The third-order valence-corrected chi connectivity index (χ3v) is 5.43. The van der Waals surface area contributed by atoms with Gasteiger partial charge in [0.1, 0.15) is 11.5 Å². The molecule has 2 aromatic heterocycles. The van der Waals surface area contributed by atoms with Crippen molar-refractivity contribution in [3.63, 3.8) is 0 Å². The molecule has 1 N–H and O–H groups in total. The summed E-state index contributed by atoms with van der Waals surface area (Å²) in [7, 11) is 4.38. The number of nitrogens with one attached hydrogen (secondary N) is 1. The number of carbonyl (C=O) groups excluding carboxylic acids is 2. The minimum Gasteiger partial charge on any atom is -0.465 e. The molecular weight excluding hydrogens is 458 g/mol. The van der Waals surface area contributed by atoms with E-state index in [2.05, 4.69) is 20.8 Å². The smallest absolute Gasteiger partial charge is 0.337 e. The number of furan rings is 1. The average Bonchev–Trinajstić information content (AvgIpc) is 3.43. The number of ether oxygens (including phenoxy) is 2. The van der Waals surface area contributed by atoms with E-state index in [1.807, 2.05) is 13.1 Å². The van der Waals surface area contributed by atoms with Gasteiger partial charge < -0.3 is 19.2 Å². The molecule has 0 spiro atoms. The van der Waals surface area contributed by atoms with Gasteiger partial charge in [0.25, 0.3) is 0 Å². The van der Waals surface area contributed by atoms with E-state index in [9.17, 15) is 9.59 Å². The van der Waals surface area contributed by atoms with Gasteiger partial charge in [-0.25, -0.2) is 14.3 Å². The molecule has 2 heterocycles. The number of aryl methyl sites for hydroxylation is 1. The summed E-state index contributed by atoms with van der Waals surface area (Å²) in [6.07, 6.45) is 0.939. The molecule has 0 aliphatic carbocycles. The lowest BCUT2D eigenvalue weighted by Crippen LogP contribution is -2.14. The first-order valence-corrected chi connectivity index (χ1v) is 10.5. The Bertz CT molecular complexity index is 1020. The highest BCUT2D eigenvalue weighted by Gasteiger charge is 2.16. The second-order valence-electron chi connectivity index (χ2n) is 6.51. The highest BCUT2D eigenvalue weighted by atomic mass is 35.5. The van der Waals surface area contributed by atoms with Crippen LogP contribution in [-0.4, -0.2) is 58.7 Å². The molecule has 0 aliphatic heterocycles. The molecule has 0 bridgehead atoms. The van der Waals surface area contributed by atoms with Gasteiger partial charge in [-0.15, -0.1) is 17.5 Å². The molecule has 172 valence electrons. The fourth-order valence-corrected chi connectivity index (χ4v) is 3.57. The van der Waals surface area contributed by atoms with Gasteiger partial charge in [-0.1, -0.05) is 11.8 Å². The number of aromatic nitrogens is 4. The predicted molar refractivity (Wildman–Crippen MR) is 120 cm³/mol. The highest BCUT2D eigenvalue weighted by molar-refractivity contribution is 7.99. The van der Waals surface area contributed by atoms with E-state index >= 15 is 0 Å². The van der Waals surface area contributed by atoms with Crippen molar-refractivity contribution in [3.05, 3.63) is 47.2 Å². The van der Waals surface area contributed by atoms with E-state index in [0.717, 1.165) is 29.6 Å². The van der Waals surface area contributed by atoms with Crippen molar-refractivity contribution >= 4 is 36.1 Å². The number of esters is 2. The number of methoxy groups -OCH3 is 2. The van der Waals surface area contributed by atoms with Gasteiger partial charge in [-0.2, -0.15) is 0 Å². The van der Waals surface area contributed by atoms with Crippen LogP contribution in [0, 0.1) is 0 Å². The van der Waals surface area contributed by atoms with Gasteiger partial charge >= 0.3 is 11.9 Å². The van der Waals surface area contributed by atoms with Crippen LogP contribution in [0.1, 0.15) is 32.9 Å². The third-order valence-electron chi connectivity index (χ3n) is 4.33. The first-order chi connectivity index (χ1) is 15.0. The van der Waals surface area contributed by atoms with Crippen LogP contribution < -0.4 is 5.32 Å². The van der Waals surface area contributed by atoms with E-state index < -0.39 is 11.9 Å². The fraction of sp³-hybridized carbons (Fsp3) is 0.350. The minimum absolute atomic E-state index is 0. The lowest BCUT2D eigenvalue weighted by molar-refractivity contribution is 0.0599. The second-order valence-corrected chi connectivity index (χ2v) is 7.57. The van der Waals surface area contributed by atoms with Crippen LogP contribution in [-0.2, 0) is 23.1 Å². The largest absolute Gasteiger partial charge is 0.465 e. The normalized spacial score (nSPS) is 10.5. The number of tetrazole rings is 1. The van der Waals surface area contributed by atoms with Crippen molar-refractivity contribution in [2.24, 2.45) is 7.05 Å².